The molecule has 2 rings (SSSR count). The molecule has 0 aliphatic heterocycles. The maximum Gasteiger partial charge on any atom is 0.326 e. The van der Waals surface area contributed by atoms with Crippen LogP contribution in [-0.2, 0) is 11.2 Å². The molecule has 0 radical (unpaired) electrons. The zero-order chi connectivity index (χ0) is 17.0. The summed E-state index contributed by atoms with van der Waals surface area (Å²) in [6.45, 7) is 5.54. The number of benzene rings is 1. The van der Waals surface area contributed by atoms with Gasteiger partial charge in [-0.3, -0.25) is 4.79 Å². The van der Waals surface area contributed by atoms with E-state index in [1.54, 1.807) is 19.2 Å². The van der Waals surface area contributed by atoms with E-state index in [-0.39, 0.29) is 11.6 Å². The Morgan fingerprint density at radius 1 is 1.26 bits per heavy atom. The van der Waals surface area contributed by atoms with Crippen LogP contribution < -0.4 is 5.32 Å². The molecule has 0 saturated heterocycles. The summed E-state index contributed by atoms with van der Waals surface area (Å²) in [4.78, 5) is 27.6. The number of amides is 1. The van der Waals surface area contributed by atoms with E-state index in [0.29, 0.717) is 6.42 Å². The summed E-state index contributed by atoms with van der Waals surface area (Å²) in [7, 11) is 0. The number of aliphatic carboxylic acids is 1. The Hall–Kier alpha value is -2.21. The predicted molar refractivity (Wildman–Crippen MR) is 89.8 cm³/mol. The minimum atomic E-state index is -1.04. The number of carbonyl (C=O) groups is 2. The quantitative estimate of drug-likeness (QED) is 0.852. The smallest absolute Gasteiger partial charge is 0.326 e. The highest BCUT2D eigenvalue weighted by Gasteiger charge is 2.24. The molecule has 23 heavy (non-hydrogen) atoms. The minimum Gasteiger partial charge on any atom is -0.480 e. The fraction of sp³-hybridized carbons (Fsp3) is 0.353. The van der Waals surface area contributed by atoms with E-state index in [9.17, 15) is 9.59 Å². The first kappa shape index (κ1) is 17.1. The van der Waals surface area contributed by atoms with Crippen LogP contribution in [-0.4, -0.2) is 28.0 Å². The highest BCUT2D eigenvalue weighted by molar-refractivity contribution is 7.09. The first-order valence-electron chi connectivity index (χ1n) is 7.40. The van der Waals surface area contributed by atoms with E-state index >= 15 is 0 Å². The third-order valence-corrected chi connectivity index (χ3v) is 4.33. The van der Waals surface area contributed by atoms with Crippen molar-refractivity contribution in [1.82, 2.24) is 10.3 Å². The van der Waals surface area contributed by atoms with E-state index in [1.165, 1.54) is 16.9 Å². The van der Waals surface area contributed by atoms with Gasteiger partial charge in [-0.15, -0.1) is 11.3 Å². The molecule has 6 heteroatoms. The van der Waals surface area contributed by atoms with Crippen molar-refractivity contribution in [2.75, 3.05) is 0 Å². The lowest BCUT2D eigenvalue weighted by molar-refractivity contribution is -0.140. The van der Waals surface area contributed by atoms with E-state index in [1.807, 2.05) is 31.2 Å². The van der Waals surface area contributed by atoms with Crippen molar-refractivity contribution in [2.24, 2.45) is 5.92 Å². The number of carboxylic acids is 1. The van der Waals surface area contributed by atoms with Crippen LogP contribution in [0.25, 0.3) is 0 Å². The van der Waals surface area contributed by atoms with Gasteiger partial charge in [0.2, 0.25) is 0 Å². The zero-order valence-electron chi connectivity index (χ0n) is 13.4. The second kappa shape index (κ2) is 7.37. The van der Waals surface area contributed by atoms with Gasteiger partial charge < -0.3 is 10.4 Å². The summed E-state index contributed by atoms with van der Waals surface area (Å²) < 4.78 is 0. The van der Waals surface area contributed by atoms with Gasteiger partial charge in [-0.1, -0.05) is 43.7 Å². The molecule has 0 aliphatic carbocycles. The number of rotatable bonds is 6. The van der Waals surface area contributed by atoms with Gasteiger partial charge in [0.15, 0.2) is 0 Å². The normalized spacial score (nSPS) is 12.2. The Bertz CT molecular complexity index is 692. The Balaban J connectivity index is 2.04. The van der Waals surface area contributed by atoms with Gasteiger partial charge in [0.05, 0.1) is 5.01 Å². The van der Waals surface area contributed by atoms with Crippen molar-refractivity contribution in [2.45, 2.75) is 33.2 Å². The third kappa shape index (κ3) is 4.63. The van der Waals surface area contributed by atoms with Crippen molar-refractivity contribution in [1.29, 1.82) is 0 Å². The molecule has 1 atom stereocenters. The highest BCUT2D eigenvalue weighted by atomic mass is 32.1. The zero-order valence-corrected chi connectivity index (χ0v) is 14.2. The number of hydrogen-bond acceptors (Lipinski definition) is 4. The van der Waals surface area contributed by atoms with Crippen LogP contribution in [0.3, 0.4) is 0 Å². The monoisotopic (exact) mass is 332 g/mol. The molecule has 1 heterocycles. The van der Waals surface area contributed by atoms with Gasteiger partial charge in [-0.05, 0) is 18.4 Å². The Labute approximate surface area is 139 Å². The molecule has 0 fully saturated rings. The molecule has 122 valence electrons. The standard InChI is InChI=1S/C17H20N2O3S/c1-10(2)15(17(21)22)19-16(20)13-9-23-14(18-13)8-12-6-4-11(3)5-7-12/h4-7,9-10,15H,8H2,1-3H3,(H,19,20)(H,21,22)/t15-/m1/s1. The molecule has 1 aromatic heterocycles. The van der Waals surface area contributed by atoms with Gasteiger partial charge >= 0.3 is 5.97 Å². The lowest BCUT2D eigenvalue weighted by Gasteiger charge is -2.16. The summed E-state index contributed by atoms with van der Waals surface area (Å²) >= 11 is 1.40. The number of nitrogens with zero attached hydrogens (tertiary/aromatic N) is 1. The number of nitrogens with one attached hydrogen (secondary N) is 1. The molecular formula is C17H20N2O3S. The van der Waals surface area contributed by atoms with Crippen LogP contribution in [0.4, 0.5) is 0 Å². The largest absolute Gasteiger partial charge is 0.480 e. The molecule has 0 unspecified atom stereocenters. The number of aromatic nitrogens is 1. The van der Waals surface area contributed by atoms with Crippen LogP contribution in [0.1, 0.15) is 40.5 Å². The van der Waals surface area contributed by atoms with Crippen LogP contribution in [0.15, 0.2) is 29.6 Å². The summed E-state index contributed by atoms with van der Waals surface area (Å²) in [5.74, 6) is -1.68. The Morgan fingerprint density at radius 3 is 2.48 bits per heavy atom. The SMILES string of the molecule is Cc1ccc(Cc2nc(C(=O)N[C@@H](C(=O)O)C(C)C)cs2)cc1. The van der Waals surface area contributed by atoms with Gasteiger partial charge in [0, 0.05) is 11.8 Å². The molecule has 0 spiro atoms. The van der Waals surface area contributed by atoms with Crippen LogP contribution in [0, 0.1) is 12.8 Å². The first-order valence-corrected chi connectivity index (χ1v) is 8.28. The van der Waals surface area contributed by atoms with Crippen molar-refractivity contribution in [3.8, 4) is 0 Å². The molecule has 1 aromatic carbocycles. The predicted octanol–water partition coefficient (Wildman–Crippen LogP) is 2.88. The van der Waals surface area contributed by atoms with Gasteiger partial charge in [0.25, 0.3) is 5.91 Å². The average molecular weight is 332 g/mol. The second-order valence-corrected chi connectivity index (χ2v) is 6.76. The maximum absolute atomic E-state index is 12.1. The molecule has 2 N–H and O–H groups in total. The molecule has 5 nitrogen and oxygen atoms in total. The van der Waals surface area contributed by atoms with Crippen molar-refractivity contribution < 1.29 is 14.7 Å². The van der Waals surface area contributed by atoms with Crippen molar-refractivity contribution >= 4 is 23.2 Å². The first-order chi connectivity index (χ1) is 10.9. The molecular weight excluding hydrogens is 312 g/mol. The maximum atomic E-state index is 12.1. The number of carbonyl (C=O) groups excluding carboxylic acids is 1. The number of aryl methyl sites for hydroxylation is 1. The average Bonchev–Trinajstić information content (AvgIpc) is 2.95. The van der Waals surface area contributed by atoms with E-state index in [0.717, 1.165) is 10.6 Å². The fourth-order valence-electron chi connectivity index (χ4n) is 2.11. The Morgan fingerprint density at radius 2 is 1.91 bits per heavy atom. The molecule has 0 aliphatic rings. The van der Waals surface area contributed by atoms with Crippen LogP contribution >= 0.6 is 11.3 Å². The van der Waals surface area contributed by atoms with Crippen LogP contribution in [0.5, 0.6) is 0 Å². The molecule has 2 aromatic rings. The lowest BCUT2D eigenvalue weighted by atomic mass is 10.0. The van der Waals surface area contributed by atoms with Crippen LogP contribution in [0.2, 0.25) is 0 Å². The topological polar surface area (TPSA) is 79.3 Å². The summed E-state index contributed by atoms with van der Waals surface area (Å²) in [6.07, 6.45) is 0.658. The summed E-state index contributed by atoms with van der Waals surface area (Å²) in [5.41, 5.74) is 2.59. The molecule has 0 saturated carbocycles. The van der Waals surface area contributed by atoms with Gasteiger partial charge in [-0.2, -0.15) is 0 Å². The van der Waals surface area contributed by atoms with Gasteiger partial charge in [-0.25, -0.2) is 9.78 Å². The second-order valence-electron chi connectivity index (χ2n) is 5.82. The van der Waals surface area contributed by atoms with Crippen molar-refractivity contribution in [3.05, 3.63) is 51.5 Å². The van der Waals surface area contributed by atoms with Crippen molar-refractivity contribution in [3.63, 3.8) is 0 Å². The number of thiazole rings is 1. The summed E-state index contributed by atoms with van der Waals surface area (Å²) in [5, 5.41) is 14.1. The summed E-state index contributed by atoms with van der Waals surface area (Å²) in [6, 6.07) is 7.24. The molecule has 0 bridgehead atoms. The van der Waals surface area contributed by atoms with E-state index in [2.05, 4.69) is 10.3 Å². The van der Waals surface area contributed by atoms with Gasteiger partial charge in [0.1, 0.15) is 11.7 Å². The third-order valence-electron chi connectivity index (χ3n) is 3.48. The molecule has 1 amide bonds. The minimum absolute atomic E-state index is 0.192. The number of carboxylic acid groups (broad SMARTS) is 1. The highest BCUT2D eigenvalue weighted by Crippen LogP contribution is 2.16. The van der Waals surface area contributed by atoms with E-state index in [4.69, 9.17) is 5.11 Å². The number of hydrogen-bond donors (Lipinski definition) is 2. The Kier molecular flexibility index (Phi) is 5.50. The van der Waals surface area contributed by atoms with E-state index < -0.39 is 17.9 Å². The fourth-order valence-corrected chi connectivity index (χ4v) is 2.91. The lowest BCUT2D eigenvalue weighted by Crippen LogP contribution is -2.44.